The van der Waals surface area contributed by atoms with Crippen LogP contribution in [0.1, 0.15) is 20.8 Å². The van der Waals surface area contributed by atoms with E-state index in [1.54, 1.807) is 0 Å². The van der Waals surface area contributed by atoms with Crippen LogP contribution >= 0.6 is 0 Å². The first-order valence-corrected chi connectivity index (χ1v) is 4.95. The van der Waals surface area contributed by atoms with Crippen molar-refractivity contribution in [2.45, 2.75) is 20.8 Å². The molecule has 0 amide bonds. The van der Waals surface area contributed by atoms with Gasteiger partial charge in [-0.05, 0) is 18.4 Å². The molecule has 0 unspecified atom stereocenters. The molecule has 2 atom stereocenters. The Morgan fingerprint density at radius 3 is 2.57 bits per heavy atom. The lowest BCUT2D eigenvalue weighted by Gasteiger charge is -2.13. The number of ether oxygens (including phenoxy) is 1. The van der Waals surface area contributed by atoms with Gasteiger partial charge >= 0.3 is 5.97 Å². The Kier molecular flexibility index (Phi) is 1.98. The summed E-state index contributed by atoms with van der Waals surface area (Å²) in [5.41, 5.74) is 1.90. The van der Waals surface area contributed by atoms with Crippen molar-refractivity contribution >= 4 is 11.8 Å². The smallest absolute Gasteiger partial charge is 0.317 e. The molecule has 0 radical (unpaired) electrons. The van der Waals surface area contributed by atoms with E-state index in [0.717, 1.165) is 11.1 Å². The highest BCUT2D eigenvalue weighted by atomic mass is 16.5. The monoisotopic (exact) mass is 194 g/mol. The average molecular weight is 194 g/mol. The highest BCUT2D eigenvalue weighted by molar-refractivity contribution is 6.12. The second-order valence-corrected chi connectivity index (χ2v) is 4.31. The van der Waals surface area contributed by atoms with Crippen LogP contribution in [-0.2, 0) is 14.3 Å². The number of ketones is 1. The van der Waals surface area contributed by atoms with E-state index in [1.165, 1.54) is 0 Å². The van der Waals surface area contributed by atoms with Gasteiger partial charge in [-0.15, -0.1) is 0 Å². The van der Waals surface area contributed by atoms with Gasteiger partial charge in [0.1, 0.15) is 5.92 Å². The molecule has 14 heavy (non-hydrogen) atoms. The van der Waals surface area contributed by atoms with E-state index in [4.69, 9.17) is 4.74 Å². The summed E-state index contributed by atoms with van der Waals surface area (Å²) in [6, 6.07) is 0. The molecule has 2 aliphatic rings. The van der Waals surface area contributed by atoms with Crippen LogP contribution in [0.5, 0.6) is 0 Å². The zero-order chi connectivity index (χ0) is 10.5. The minimum atomic E-state index is -0.521. The molecule has 3 nitrogen and oxygen atoms in total. The Balaban J connectivity index is 2.42. The van der Waals surface area contributed by atoms with Crippen molar-refractivity contribution in [3.63, 3.8) is 0 Å². The molecular weight excluding hydrogens is 180 g/mol. The van der Waals surface area contributed by atoms with Gasteiger partial charge in [-0.3, -0.25) is 9.59 Å². The number of allylic oxidation sites excluding steroid dienone is 1. The lowest BCUT2D eigenvalue weighted by atomic mass is 9.88. The molecule has 0 bridgehead atoms. The fraction of sp³-hybridized carbons (Fsp3) is 0.636. The first kappa shape index (κ1) is 9.44. The van der Waals surface area contributed by atoms with E-state index in [2.05, 4.69) is 13.8 Å². The second kappa shape index (κ2) is 2.94. The standard InChI is InChI=1S/C11H14O3/c1-5(2)8-6(3)10(12)9-7(8)4-14-11(9)13/h5,7,9H,4H2,1-3H3/t7-,9-/m0/s1. The summed E-state index contributed by atoms with van der Waals surface area (Å²) in [7, 11) is 0. The Morgan fingerprint density at radius 1 is 1.36 bits per heavy atom. The van der Waals surface area contributed by atoms with Crippen LogP contribution in [0.2, 0.25) is 0 Å². The summed E-state index contributed by atoms with van der Waals surface area (Å²) >= 11 is 0. The van der Waals surface area contributed by atoms with Crippen molar-refractivity contribution in [2.24, 2.45) is 17.8 Å². The summed E-state index contributed by atoms with van der Waals surface area (Å²) in [6.45, 7) is 6.32. The van der Waals surface area contributed by atoms with Gasteiger partial charge in [-0.25, -0.2) is 0 Å². The number of Topliss-reactive ketones (excluding diaryl/α,β-unsaturated/α-hetero) is 1. The topological polar surface area (TPSA) is 43.4 Å². The maximum atomic E-state index is 11.8. The average Bonchev–Trinajstić information content (AvgIpc) is 2.56. The molecule has 0 spiro atoms. The van der Waals surface area contributed by atoms with Crippen molar-refractivity contribution in [3.05, 3.63) is 11.1 Å². The van der Waals surface area contributed by atoms with E-state index in [-0.39, 0.29) is 17.7 Å². The third-order valence-corrected chi connectivity index (χ3v) is 3.17. The van der Waals surface area contributed by atoms with Gasteiger partial charge in [0, 0.05) is 5.92 Å². The summed E-state index contributed by atoms with van der Waals surface area (Å²) in [5.74, 6) is -0.540. The number of carbonyl (C=O) groups is 2. The maximum absolute atomic E-state index is 11.8. The first-order valence-electron chi connectivity index (χ1n) is 4.95. The van der Waals surface area contributed by atoms with Crippen molar-refractivity contribution in [2.75, 3.05) is 6.61 Å². The van der Waals surface area contributed by atoms with Gasteiger partial charge in [0.25, 0.3) is 0 Å². The molecular formula is C11H14O3. The van der Waals surface area contributed by atoms with Gasteiger partial charge in [-0.2, -0.15) is 0 Å². The number of cyclic esters (lactones) is 1. The van der Waals surface area contributed by atoms with Crippen LogP contribution in [0.3, 0.4) is 0 Å². The molecule has 3 heteroatoms. The summed E-state index contributed by atoms with van der Waals surface area (Å²) in [6.07, 6.45) is 0. The van der Waals surface area contributed by atoms with E-state index in [0.29, 0.717) is 12.5 Å². The lowest BCUT2D eigenvalue weighted by Crippen LogP contribution is -2.20. The number of fused-ring (bicyclic) bond motifs is 1. The SMILES string of the molecule is CC1=C(C(C)C)[C@@H]2COC(=O)[C@@H]2C1=O. The number of esters is 1. The molecule has 2 rings (SSSR count). The van der Waals surface area contributed by atoms with E-state index < -0.39 is 5.92 Å². The van der Waals surface area contributed by atoms with Crippen LogP contribution in [0, 0.1) is 17.8 Å². The molecule has 0 aromatic heterocycles. The Bertz CT molecular complexity index is 338. The van der Waals surface area contributed by atoms with Crippen molar-refractivity contribution in [3.8, 4) is 0 Å². The fourth-order valence-electron chi connectivity index (χ4n) is 2.60. The van der Waals surface area contributed by atoms with E-state index in [9.17, 15) is 9.59 Å². The van der Waals surface area contributed by atoms with Gasteiger partial charge in [-0.1, -0.05) is 19.4 Å². The van der Waals surface area contributed by atoms with Gasteiger partial charge < -0.3 is 4.74 Å². The predicted molar refractivity (Wildman–Crippen MR) is 50.5 cm³/mol. The Morgan fingerprint density at radius 2 is 2.00 bits per heavy atom. The van der Waals surface area contributed by atoms with Crippen molar-refractivity contribution in [1.82, 2.24) is 0 Å². The second-order valence-electron chi connectivity index (χ2n) is 4.31. The number of hydrogen-bond donors (Lipinski definition) is 0. The lowest BCUT2D eigenvalue weighted by molar-refractivity contribution is -0.143. The van der Waals surface area contributed by atoms with Gasteiger partial charge in [0.2, 0.25) is 0 Å². The molecule has 0 saturated carbocycles. The van der Waals surface area contributed by atoms with Crippen LogP contribution in [-0.4, -0.2) is 18.4 Å². The molecule has 1 aliphatic carbocycles. The minimum absolute atomic E-state index is 0.0231. The molecule has 0 aromatic rings. The largest absolute Gasteiger partial charge is 0.464 e. The highest BCUT2D eigenvalue weighted by Gasteiger charge is 2.50. The van der Waals surface area contributed by atoms with E-state index >= 15 is 0 Å². The normalized spacial score (nSPS) is 31.4. The van der Waals surface area contributed by atoms with E-state index in [1.807, 2.05) is 6.92 Å². The Hall–Kier alpha value is -1.12. The quantitative estimate of drug-likeness (QED) is 0.467. The minimum Gasteiger partial charge on any atom is -0.464 e. The molecule has 1 heterocycles. The van der Waals surface area contributed by atoms with Crippen LogP contribution in [0.25, 0.3) is 0 Å². The van der Waals surface area contributed by atoms with Crippen molar-refractivity contribution < 1.29 is 14.3 Å². The molecule has 0 aromatic carbocycles. The maximum Gasteiger partial charge on any atom is 0.317 e. The van der Waals surface area contributed by atoms with Gasteiger partial charge in [0.05, 0.1) is 6.61 Å². The summed E-state index contributed by atoms with van der Waals surface area (Å²) in [4.78, 5) is 23.1. The fourth-order valence-corrected chi connectivity index (χ4v) is 2.60. The number of carbonyl (C=O) groups excluding carboxylic acids is 2. The number of hydrogen-bond acceptors (Lipinski definition) is 3. The van der Waals surface area contributed by atoms with Crippen molar-refractivity contribution in [1.29, 1.82) is 0 Å². The molecule has 1 saturated heterocycles. The molecule has 0 N–H and O–H groups in total. The third-order valence-electron chi connectivity index (χ3n) is 3.17. The van der Waals surface area contributed by atoms with Crippen LogP contribution < -0.4 is 0 Å². The summed E-state index contributed by atoms with van der Waals surface area (Å²) in [5, 5.41) is 0. The summed E-state index contributed by atoms with van der Waals surface area (Å²) < 4.78 is 4.93. The zero-order valence-corrected chi connectivity index (χ0v) is 8.66. The molecule has 1 fully saturated rings. The zero-order valence-electron chi connectivity index (χ0n) is 8.66. The highest BCUT2D eigenvalue weighted by Crippen LogP contribution is 2.42. The predicted octanol–water partition coefficient (Wildman–Crippen LogP) is 1.33. The third kappa shape index (κ3) is 1.04. The number of rotatable bonds is 1. The Labute approximate surface area is 83.1 Å². The van der Waals surface area contributed by atoms with Gasteiger partial charge in [0.15, 0.2) is 5.78 Å². The van der Waals surface area contributed by atoms with Crippen LogP contribution in [0.4, 0.5) is 0 Å². The van der Waals surface area contributed by atoms with Crippen LogP contribution in [0.15, 0.2) is 11.1 Å². The first-order chi connectivity index (χ1) is 6.54. The molecule has 1 aliphatic heterocycles. The molecule has 76 valence electrons.